The minimum Gasteiger partial charge on any atom is -0.774 e. The van der Waals surface area contributed by atoms with Crippen LogP contribution in [0.4, 0.5) is 0 Å². The fourth-order valence-electron chi connectivity index (χ4n) is 0.982. The Hall–Kier alpha value is 0.214. The smallest absolute Gasteiger partial charge is 0.223 e. The molecule has 0 aromatic rings. The van der Waals surface area contributed by atoms with Crippen molar-refractivity contribution < 1.29 is 16.5 Å². The molecule has 0 saturated heterocycles. The Kier molecular flexibility index (Phi) is 30.6. The standard InChI is InChI=1S/2C8H10N2S4.Ni/c1-9-3-5-13-7(11)8(12)14-6-4-10-2;9-3-1-5-13-7(11)8(12)14-6-2-4-10;/h11-12H,3-6H2;11-12H,1-2,5-6H2;/p-4/b2*8-7-;. The first kappa shape index (κ1) is 33.8. The molecule has 0 aliphatic carbocycles. The van der Waals surface area contributed by atoms with Gasteiger partial charge in [-0.05, 0) is 0 Å². The summed E-state index contributed by atoms with van der Waals surface area (Å²) in [5.74, 6) is 2.78. The molecule has 0 heterocycles. The summed E-state index contributed by atoms with van der Waals surface area (Å²) in [6.45, 7) is 14.1. The van der Waals surface area contributed by atoms with Crippen LogP contribution in [0.1, 0.15) is 12.8 Å². The molecule has 0 bridgehead atoms. The van der Waals surface area contributed by atoms with Gasteiger partial charge in [-0.2, -0.15) is 51.0 Å². The summed E-state index contributed by atoms with van der Waals surface area (Å²) in [5.41, 5.74) is 0. The molecule has 0 atom stereocenters. The summed E-state index contributed by atoms with van der Waals surface area (Å²) < 4.78 is 2.69. The Labute approximate surface area is 223 Å². The fourth-order valence-corrected chi connectivity index (χ4v) is 5.36. The SMILES string of the molecule is N#CCCS/C([S-])=C(/[S-])SCCC#N.[C-]#[N+]CCS/C([S-])=C(/[S-])SCC[N+]#[C-].[Ni]. The summed E-state index contributed by atoms with van der Waals surface area (Å²) in [4.78, 5) is 6.44. The Morgan fingerprint density at radius 3 is 1.17 bits per heavy atom. The summed E-state index contributed by atoms with van der Waals surface area (Å²) in [5, 5.41) is 16.6. The van der Waals surface area contributed by atoms with Crippen molar-refractivity contribution >= 4 is 97.6 Å². The predicted octanol–water partition coefficient (Wildman–Crippen LogP) is 5.01. The van der Waals surface area contributed by atoms with Crippen LogP contribution in [-0.4, -0.2) is 36.1 Å². The van der Waals surface area contributed by atoms with Crippen LogP contribution in [-0.2, 0) is 67.0 Å². The second-order valence-electron chi connectivity index (χ2n) is 4.12. The first-order chi connectivity index (χ1) is 13.4. The number of rotatable bonds is 12. The first-order valence-electron chi connectivity index (χ1n) is 7.52. The van der Waals surface area contributed by atoms with Crippen molar-refractivity contribution in [2.24, 2.45) is 0 Å². The molecule has 4 nitrogen and oxygen atoms in total. The van der Waals surface area contributed by atoms with Gasteiger partial charge in [0.05, 0.1) is 23.6 Å². The molecular formula is C16H16N4NiS8-4. The summed E-state index contributed by atoms with van der Waals surface area (Å²) in [6, 6.07) is 4.08. The van der Waals surface area contributed by atoms with Gasteiger partial charge >= 0.3 is 0 Å². The first-order valence-corrected chi connectivity index (χ1v) is 13.1. The molecule has 0 amide bonds. The van der Waals surface area contributed by atoms with Gasteiger partial charge < -0.3 is 60.2 Å². The molecule has 0 N–H and O–H groups in total. The maximum atomic E-state index is 8.31. The Morgan fingerprint density at radius 2 is 0.931 bits per heavy atom. The van der Waals surface area contributed by atoms with Crippen LogP contribution in [0.3, 0.4) is 0 Å². The quantitative estimate of drug-likeness (QED) is 0.137. The van der Waals surface area contributed by atoms with Crippen LogP contribution in [0, 0.1) is 35.8 Å². The molecule has 0 aromatic carbocycles. The van der Waals surface area contributed by atoms with Gasteiger partial charge in [0, 0.05) is 40.8 Å². The maximum absolute atomic E-state index is 8.31. The Balaban J connectivity index is -0.000000451. The maximum Gasteiger partial charge on any atom is 0.223 e. The summed E-state index contributed by atoms with van der Waals surface area (Å²) in [6.07, 6.45) is 0.965. The van der Waals surface area contributed by atoms with Crippen LogP contribution < -0.4 is 0 Å². The molecular weight excluding hydrogens is 563 g/mol. The number of hydrogen-bond donors (Lipinski definition) is 0. The van der Waals surface area contributed by atoms with Crippen molar-refractivity contribution in [3.63, 3.8) is 0 Å². The minimum atomic E-state index is 0. The summed E-state index contributed by atoms with van der Waals surface area (Å²) >= 11 is 26.0. The predicted molar refractivity (Wildman–Crippen MR) is 137 cm³/mol. The molecule has 0 spiro atoms. The molecule has 0 aliphatic heterocycles. The van der Waals surface area contributed by atoms with Crippen molar-refractivity contribution in [2.45, 2.75) is 12.8 Å². The summed E-state index contributed by atoms with van der Waals surface area (Å²) in [7, 11) is 0. The van der Waals surface area contributed by atoms with Crippen LogP contribution >= 0.6 is 47.0 Å². The van der Waals surface area contributed by atoms with E-state index in [2.05, 4.69) is 9.69 Å². The van der Waals surface area contributed by atoms with E-state index in [0.717, 1.165) is 0 Å². The molecule has 0 aliphatic rings. The zero-order chi connectivity index (χ0) is 21.6. The molecule has 29 heavy (non-hydrogen) atoms. The van der Waals surface area contributed by atoms with E-state index in [4.69, 9.17) is 74.2 Å². The molecule has 0 rings (SSSR count). The van der Waals surface area contributed by atoms with E-state index in [1.165, 1.54) is 47.0 Å². The molecule has 162 valence electrons. The average molecular weight is 580 g/mol. The Bertz CT molecular complexity index is 556. The topological polar surface area (TPSA) is 56.3 Å². The molecule has 0 unspecified atom stereocenters. The van der Waals surface area contributed by atoms with E-state index >= 15 is 0 Å². The van der Waals surface area contributed by atoms with Gasteiger partial charge in [-0.3, -0.25) is 0 Å². The van der Waals surface area contributed by atoms with E-state index in [1.54, 1.807) is 0 Å². The molecule has 0 aromatic heterocycles. The van der Waals surface area contributed by atoms with Gasteiger partial charge in [-0.25, -0.2) is 13.1 Å². The average Bonchev–Trinajstić information content (AvgIpc) is 2.68. The third-order valence-electron chi connectivity index (χ3n) is 2.10. The van der Waals surface area contributed by atoms with Gasteiger partial charge in [0.1, 0.15) is 0 Å². The Morgan fingerprint density at radius 1 is 0.655 bits per heavy atom. The number of hydrogen-bond acceptors (Lipinski definition) is 10. The van der Waals surface area contributed by atoms with Gasteiger partial charge in [0.15, 0.2) is 0 Å². The zero-order valence-corrected chi connectivity index (χ0v) is 22.5. The van der Waals surface area contributed by atoms with Gasteiger partial charge in [0.25, 0.3) is 0 Å². The number of nitriles is 2. The molecule has 0 saturated carbocycles. The van der Waals surface area contributed by atoms with Crippen molar-refractivity contribution in [3.05, 3.63) is 39.8 Å². The normalized spacial score (nSPS) is 10.9. The van der Waals surface area contributed by atoms with Crippen LogP contribution in [0.5, 0.6) is 0 Å². The van der Waals surface area contributed by atoms with E-state index in [0.29, 0.717) is 65.9 Å². The van der Waals surface area contributed by atoms with Crippen LogP contribution in [0.2, 0.25) is 0 Å². The fraction of sp³-hybridized carbons (Fsp3) is 0.500. The monoisotopic (exact) mass is 578 g/mol. The third kappa shape index (κ3) is 24.4. The second kappa shape index (κ2) is 26.2. The largest absolute Gasteiger partial charge is 0.774 e. The van der Waals surface area contributed by atoms with E-state index in [9.17, 15) is 0 Å². The van der Waals surface area contributed by atoms with E-state index < -0.39 is 0 Å². The van der Waals surface area contributed by atoms with Gasteiger partial charge in [-0.15, -0.1) is 23.5 Å². The van der Waals surface area contributed by atoms with Crippen molar-refractivity contribution in [3.8, 4) is 12.1 Å². The van der Waals surface area contributed by atoms with Gasteiger partial charge in [0.2, 0.25) is 13.1 Å². The van der Waals surface area contributed by atoms with Crippen LogP contribution in [0.15, 0.2) is 16.9 Å². The molecule has 0 fully saturated rings. The molecule has 13 heteroatoms. The zero-order valence-electron chi connectivity index (χ0n) is 15.0. The number of nitrogens with zero attached hydrogens (tertiary/aromatic N) is 4. The van der Waals surface area contributed by atoms with Crippen molar-refractivity contribution in [1.82, 2.24) is 0 Å². The van der Waals surface area contributed by atoms with Crippen molar-refractivity contribution in [1.29, 1.82) is 10.5 Å². The molecule has 0 radical (unpaired) electrons. The number of thioether (sulfide) groups is 4. The third-order valence-corrected chi connectivity index (χ3v) is 8.82. The minimum absolute atomic E-state index is 0. The van der Waals surface area contributed by atoms with E-state index in [-0.39, 0.29) is 16.5 Å². The second-order valence-corrected chi connectivity index (χ2v) is 11.2. The van der Waals surface area contributed by atoms with Crippen LogP contribution in [0.25, 0.3) is 9.69 Å². The van der Waals surface area contributed by atoms with E-state index in [1.807, 2.05) is 12.1 Å². The van der Waals surface area contributed by atoms with Gasteiger partial charge in [-0.1, -0.05) is 0 Å². The van der Waals surface area contributed by atoms with Crippen molar-refractivity contribution in [2.75, 3.05) is 36.1 Å².